The van der Waals surface area contributed by atoms with E-state index >= 15 is 0 Å². The Morgan fingerprint density at radius 3 is 2.70 bits per heavy atom. The summed E-state index contributed by atoms with van der Waals surface area (Å²) >= 11 is 0. The number of aromatic nitrogens is 1. The Balaban J connectivity index is 2.65. The van der Waals surface area contributed by atoms with Crippen molar-refractivity contribution in [3.63, 3.8) is 0 Å². The Labute approximate surface area is 118 Å². The van der Waals surface area contributed by atoms with Crippen LogP contribution < -0.4 is 10.6 Å². The molecule has 0 aromatic carbocycles. The van der Waals surface area contributed by atoms with E-state index < -0.39 is 0 Å². The number of nitrogens with zero attached hydrogens (tertiary/aromatic N) is 1. The van der Waals surface area contributed by atoms with Gasteiger partial charge in [-0.1, -0.05) is 13.8 Å². The van der Waals surface area contributed by atoms with E-state index in [1.165, 1.54) is 12.3 Å². The summed E-state index contributed by atoms with van der Waals surface area (Å²) in [6, 6.07) is 3.07. The third-order valence-corrected chi connectivity index (χ3v) is 2.52. The minimum Gasteiger partial charge on any atom is -0.383 e. The zero-order valence-corrected chi connectivity index (χ0v) is 12.1. The van der Waals surface area contributed by atoms with E-state index in [1.54, 1.807) is 13.2 Å². The molecule has 0 aliphatic heterocycles. The van der Waals surface area contributed by atoms with Gasteiger partial charge in [0.25, 0.3) is 11.8 Å². The second kappa shape index (κ2) is 8.27. The zero-order valence-electron chi connectivity index (χ0n) is 12.1. The van der Waals surface area contributed by atoms with E-state index in [9.17, 15) is 9.59 Å². The SMILES string of the molecule is COCCNC(=O)c1cc(C(=O)NCC(C)C)ccn1. The molecule has 0 bridgehead atoms. The second-order valence-corrected chi connectivity index (χ2v) is 4.78. The predicted octanol–water partition coefficient (Wildman–Crippen LogP) is 0.844. The van der Waals surface area contributed by atoms with Crippen molar-refractivity contribution >= 4 is 11.8 Å². The molecule has 0 radical (unpaired) electrons. The Morgan fingerprint density at radius 2 is 2.05 bits per heavy atom. The molecule has 0 spiro atoms. The summed E-state index contributed by atoms with van der Waals surface area (Å²) in [6.45, 7) is 5.46. The summed E-state index contributed by atoms with van der Waals surface area (Å²) in [5, 5.41) is 5.46. The molecule has 0 fully saturated rings. The number of carbonyl (C=O) groups excluding carboxylic acids is 2. The molecule has 0 unspecified atom stereocenters. The highest BCUT2D eigenvalue weighted by Gasteiger charge is 2.11. The van der Waals surface area contributed by atoms with Crippen LogP contribution in [0.2, 0.25) is 0 Å². The molecule has 0 saturated heterocycles. The van der Waals surface area contributed by atoms with Crippen LogP contribution >= 0.6 is 0 Å². The number of pyridine rings is 1. The van der Waals surface area contributed by atoms with Crippen molar-refractivity contribution in [3.8, 4) is 0 Å². The topological polar surface area (TPSA) is 80.3 Å². The highest BCUT2D eigenvalue weighted by molar-refractivity contribution is 5.98. The highest BCUT2D eigenvalue weighted by atomic mass is 16.5. The lowest BCUT2D eigenvalue weighted by molar-refractivity contribution is 0.0932. The molecule has 0 aliphatic rings. The van der Waals surface area contributed by atoms with Crippen LogP contribution in [0.25, 0.3) is 0 Å². The van der Waals surface area contributed by atoms with Gasteiger partial charge in [0.05, 0.1) is 6.61 Å². The maximum atomic E-state index is 11.9. The Morgan fingerprint density at radius 1 is 1.30 bits per heavy atom. The van der Waals surface area contributed by atoms with Gasteiger partial charge in [0.15, 0.2) is 0 Å². The molecule has 6 nitrogen and oxygen atoms in total. The number of rotatable bonds is 7. The van der Waals surface area contributed by atoms with Crippen molar-refractivity contribution in [1.82, 2.24) is 15.6 Å². The van der Waals surface area contributed by atoms with E-state index in [0.29, 0.717) is 31.2 Å². The lowest BCUT2D eigenvalue weighted by atomic mass is 10.2. The second-order valence-electron chi connectivity index (χ2n) is 4.78. The molecule has 2 amide bonds. The molecule has 20 heavy (non-hydrogen) atoms. The number of nitrogens with one attached hydrogen (secondary N) is 2. The fourth-order valence-corrected chi connectivity index (χ4v) is 1.45. The fraction of sp³-hybridized carbons (Fsp3) is 0.500. The maximum absolute atomic E-state index is 11.9. The summed E-state index contributed by atoms with van der Waals surface area (Å²) in [4.78, 5) is 27.7. The molecule has 0 saturated carbocycles. The zero-order chi connectivity index (χ0) is 15.0. The van der Waals surface area contributed by atoms with Gasteiger partial charge in [0.1, 0.15) is 5.69 Å². The van der Waals surface area contributed by atoms with E-state index in [1.807, 2.05) is 13.8 Å². The number of hydrogen-bond donors (Lipinski definition) is 2. The van der Waals surface area contributed by atoms with Gasteiger partial charge in [-0.05, 0) is 18.1 Å². The van der Waals surface area contributed by atoms with Crippen LogP contribution in [0.3, 0.4) is 0 Å². The molecule has 1 aromatic heterocycles. The number of amides is 2. The fourth-order valence-electron chi connectivity index (χ4n) is 1.45. The van der Waals surface area contributed by atoms with E-state index in [0.717, 1.165) is 0 Å². The van der Waals surface area contributed by atoms with E-state index in [-0.39, 0.29) is 17.5 Å². The first-order chi connectivity index (χ1) is 9.54. The molecule has 6 heteroatoms. The van der Waals surface area contributed by atoms with Gasteiger partial charge in [-0.3, -0.25) is 14.6 Å². The normalized spacial score (nSPS) is 10.4. The van der Waals surface area contributed by atoms with E-state index in [4.69, 9.17) is 4.74 Å². The average molecular weight is 279 g/mol. The monoisotopic (exact) mass is 279 g/mol. The molecular weight excluding hydrogens is 258 g/mol. The number of carbonyl (C=O) groups is 2. The van der Waals surface area contributed by atoms with Crippen LogP contribution in [0.1, 0.15) is 34.7 Å². The molecular formula is C14H21N3O3. The lowest BCUT2D eigenvalue weighted by Crippen LogP contribution is -2.29. The van der Waals surface area contributed by atoms with Gasteiger partial charge < -0.3 is 15.4 Å². The van der Waals surface area contributed by atoms with Crippen LogP contribution in [0.4, 0.5) is 0 Å². The van der Waals surface area contributed by atoms with Crippen LogP contribution in [-0.4, -0.2) is 43.6 Å². The molecule has 0 atom stereocenters. The lowest BCUT2D eigenvalue weighted by Gasteiger charge is -2.08. The van der Waals surface area contributed by atoms with Crippen molar-refractivity contribution in [3.05, 3.63) is 29.6 Å². The first-order valence-corrected chi connectivity index (χ1v) is 6.56. The summed E-state index contributed by atoms with van der Waals surface area (Å²) in [5.74, 6) is -0.148. The Bertz CT molecular complexity index is 461. The minimum absolute atomic E-state index is 0.202. The summed E-state index contributed by atoms with van der Waals surface area (Å²) < 4.78 is 4.85. The molecule has 1 rings (SSSR count). The quantitative estimate of drug-likeness (QED) is 0.725. The van der Waals surface area contributed by atoms with Crippen molar-refractivity contribution in [2.75, 3.05) is 26.8 Å². The number of methoxy groups -OCH3 is 1. The molecule has 2 N–H and O–H groups in total. The average Bonchev–Trinajstić information content (AvgIpc) is 2.45. The van der Waals surface area contributed by atoms with Crippen LogP contribution in [0.5, 0.6) is 0 Å². The number of ether oxygens (including phenoxy) is 1. The van der Waals surface area contributed by atoms with Crippen LogP contribution in [0, 0.1) is 5.92 Å². The van der Waals surface area contributed by atoms with Gasteiger partial charge in [-0.15, -0.1) is 0 Å². The highest BCUT2D eigenvalue weighted by Crippen LogP contribution is 2.02. The predicted molar refractivity (Wildman–Crippen MR) is 75.6 cm³/mol. The summed E-state index contributed by atoms with van der Waals surface area (Å²) in [5.41, 5.74) is 0.649. The van der Waals surface area contributed by atoms with Gasteiger partial charge in [-0.2, -0.15) is 0 Å². The molecule has 0 aliphatic carbocycles. The van der Waals surface area contributed by atoms with Gasteiger partial charge in [0, 0.05) is 32.0 Å². The smallest absolute Gasteiger partial charge is 0.269 e. The molecule has 110 valence electrons. The number of hydrogen-bond acceptors (Lipinski definition) is 4. The standard InChI is InChI=1S/C14H21N3O3/c1-10(2)9-17-13(18)11-4-5-15-12(8-11)14(19)16-6-7-20-3/h4-5,8,10H,6-7,9H2,1-3H3,(H,16,19)(H,17,18). The largest absolute Gasteiger partial charge is 0.383 e. The van der Waals surface area contributed by atoms with Crippen molar-refractivity contribution in [2.24, 2.45) is 5.92 Å². The maximum Gasteiger partial charge on any atom is 0.269 e. The minimum atomic E-state index is -0.319. The van der Waals surface area contributed by atoms with Gasteiger partial charge in [0.2, 0.25) is 0 Å². The summed E-state index contributed by atoms with van der Waals surface area (Å²) in [6.07, 6.45) is 1.45. The Hall–Kier alpha value is -1.95. The third-order valence-electron chi connectivity index (χ3n) is 2.52. The van der Waals surface area contributed by atoms with Gasteiger partial charge in [-0.25, -0.2) is 0 Å². The Kier molecular flexibility index (Phi) is 6.66. The van der Waals surface area contributed by atoms with Gasteiger partial charge >= 0.3 is 0 Å². The first-order valence-electron chi connectivity index (χ1n) is 6.56. The first kappa shape index (κ1) is 16.1. The van der Waals surface area contributed by atoms with Crippen molar-refractivity contribution in [2.45, 2.75) is 13.8 Å². The third kappa shape index (κ3) is 5.36. The van der Waals surface area contributed by atoms with Crippen LogP contribution in [-0.2, 0) is 4.74 Å². The van der Waals surface area contributed by atoms with Crippen molar-refractivity contribution in [1.29, 1.82) is 0 Å². The molecule has 1 aromatic rings. The van der Waals surface area contributed by atoms with Crippen molar-refractivity contribution < 1.29 is 14.3 Å². The molecule has 1 heterocycles. The van der Waals surface area contributed by atoms with Crippen LogP contribution in [0.15, 0.2) is 18.3 Å². The van der Waals surface area contributed by atoms with E-state index in [2.05, 4.69) is 15.6 Å². The summed E-state index contributed by atoms with van der Waals surface area (Å²) in [7, 11) is 1.56.